The minimum absolute atomic E-state index is 0.0200. The van der Waals surface area contributed by atoms with E-state index in [0.29, 0.717) is 10.2 Å². The number of methoxy groups -OCH3 is 1. The Kier molecular flexibility index (Phi) is 3.75. The predicted molar refractivity (Wildman–Crippen MR) is 70.5 cm³/mol. The normalized spacial score (nSPS) is 10.3. The van der Waals surface area contributed by atoms with Gasteiger partial charge in [0.15, 0.2) is 5.69 Å². The molecule has 2 aromatic rings. The van der Waals surface area contributed by atoms with Crippen LogP contribution in [0.3, 0.4) is 0 Å². The van der Waals surface area contributed by atoms with Gasteiger partial charge in [0.2, 0.25) is 0 Å². The van der Waals surface area contributed by atoms with Gasteiger partial charge in [0, 0.05) is 28.4 Å². The first-order valence-corrected chi connectivity index (χ1v) is 5.96. The number of aromatic nitrogens is 1. The molecule has 98 valence electrons. The molecule has 2 rings (SSSR count). The van der Waals surface area contributed by atoms with Crippen LogP contribution in [0.4, 0.5) is 10.1 Å². The quantitative estimate of drug-likeness (QED) is 0.638. The second-order valence-corrected chi connectivity index (χ2v) is 4.54. The highest BCUT2D eigenvalue weighted by Gasteiger charge is 2.20. The summed E-state index contributed by atoms with van der Waals surface area (Å²) < 4.78 is 19.2. The van der Waals surface area contributed by atoms with Gasteiger partial charge < -0.3 is 4.74 Å². The summed E-state index contributed by atoms with van der Waals surface area (Å²) in [7, 11) is 1.41. The second kappa shape index (κ2) is 5.31. The van der Waals surface area contributed by atoms with E-state index in [-0.39, 0.29) is 16.9 Å². The van der Waals surface area contributed by atoms with Gasteiger partial charge in [-0.2, -0.15) is 0 Å². The van der Waals surface area contributed by atoms with Crippen molar-refractivity contribution >= 4 is 21.6 Å². The van der Waals surface area contributed by atoms with Crippen LogP contribution in [0, 0.1) is 15.9 Å². The van der Waals surface area contributed by atoms with Crippen LogP contribution in [0.25, 0.3) is 11.3 Å². The highest BCUT2D eigenvalue weighted by atomic mass is 79.9. The number of nitrogens with zero attached hydrogens (tertiary/aromatic N) is 2. The summed E-state index contributed by atoms with van der Waals surface area (Å²) in [6.45, 7) is 0. The summed E-state index contributed by atoms with van der Waals surface area (Å²) in [5, 5.41) is 11.0. The maximum Gasteiger partial charge on any atom is 0.296 e. The van der Waals surface area contributed by atoms with Crippen LogP contribution < -0.4 is 4.74 Å². The van der Waals surface area contributed by atoms with Crippen LogP contribution in [-0.4, -0.2) is 17.0 Å². The molecule has 7 heteroatoms. The molecule has 0 atom stereocenters. The van der Waals surface area contributed by atoms with Crippen molar-refractivity contribution < 1.29 is 14.1 Å². The second-order valence-electron chi connectivity index (χ2n) is 3.62. The summed E-state index contributed by atoms with van der Waals surface area (Å²) in [6, 6.07) is 5.36. The number of rotatable bonds is 3. The zero-order chi connectivity index (χ0) is 14.0. The van der Waals surface area contributed by atoms with Gasteiger partial charge in [0.25, 0.3) is 5.69 Å². The predicted octanol–water partition coefficient (Wildman–Crippen LogP) is 3.57. The monoisotopic (exact) mass is 326 g/mol. The van der Waals surface area contributed by atoms with Crippen molar-refractivity contribution in [2.75, 3.05) is 7.11 Å². The molecule has 0 saturated heterocycles. The minimum Gasteiger partial charge on any atom is -0.497 e. The Morgan fingerprint density at radius 1 is 1.42 bits per heavy atom. The summed E-state index contributed by atoms with van der Waals surface area (Å²) >= 11 is 3.10. The van der Waals surface area contributed by atoms with Gasteiger partial charge in [-0.1, -0.05) is 0 Å². The molecule has 0 aliphatic carbocycles. The molecular weight excluding hydrogens is 319 g/mol. The SMILES string of the molecule is COc1ccc(-c2ncc(Br)cc2[N+](=O)[O-])c(F)c1. The standard InChI is InChI=1S/C12H8BrFN2O3/c1-19-8-2-3-9(10(14)5-8)12-11(16(17)18)4-7(13)6-15-12/h2-6H,1H3. The van der Waals surface area contributed by atoms with Gasteiger partial charge >= 0.3 is 0 Å². The summed E-state index contributed by atoms with van der Waals surface area (Å²) in [4.78, 5) is 14.3. The van der Waals surface area contributed by atoms with Crippen LogP contribution >= 0.6 is 15.9 Å². The molecular formula is C12H8BrFN2O3. The third-order valence-corrected chi connectivity index (χ3v) is 2.90. The fraction of sp³-hybridized carbons (Fsp3) is 0.0833. The van der Waals surface area contributed by atoms with E-state index >= 15 is 0 Å². The lowest BCUT2D eigenvalue weighted by molar-refractivity contribution is -0.384. The van der Waals surface area contributed by atoms with Crippen molar-refractivity contribution in [1.29, 1.82) is 0 Å². The summed E-state index contributed by atoms with van der Waals surface area (Å²) in [5.41, 5.74) is -0.230. The van der Waals surface area contributed by atoms with Crippen molar-refractivity contribution in [2.45, 2.75) is 0 Å². The number of hydrogen-bond acceptors (Lipinski definition) is 4. The van der Waals surface area contributed by atoms with Crippen molar-refractivity contribution in [3.8, 4) is 17.0 Å². The molecule has 0 amide bonds. The van der Waals surface area contributed by atoms with E-state index in [0.717, 1.165) is 6.07 Å². The van der Waals surface area contributed by atoms with Gasteiger partial charge in [0.05, 0.1) is 12.0 Å². The first kappa shape index (κ1) is 13.4. The van der Waals surface area contributed by atoms with E-state index < -0.39 is 10.7 Å². The molecule has 1 aromatic heterocycles. The summed E-state index contributed by atoms with van der Waals surface area (Å²) in [6.07, 6.45) is 1.38. The lowest BCUT2D eigenvalue weighted by Gasteiger charge is -2.06. The van der Waals surface area contributed by atoms with Crippen molar-refractivity contribution in [2.24, 2.45) is 0 Å². The third kappa shape index (κ3) is 2.70. The summed E-state index contributed by atoms with van der Waals surface area (Å²) in [5.74, 6) is -0.293. The number of halogens is 2. The first-order chi connectivity index (χ1) is 9.02. The Bertz CT molecular complexity index is 649. The van der Waals surface area contributed by atoms with Crippen molar-refractivity contribution in [1.82, 2.24) is 4.98 Å². The number of hydrogen-bond donors (Lipinski definition) is 0. The van der Waals surface area contributed by atoms with Crippen LogP contribution in [-0.2, 0) is 0 Å². The fourth-order valence-corrected chi connectivity index (χ4v) is 1.91. The Balaban J connectivity index is 2.62. The number of pyridine rings is 1. The van der Waals surface area contributed by atoms with Gasteiger partial charge in [-0.15, -0.1) is 0 Å². The fourth-order valence-electron chi connectivity index (χ4n) is 1.59. The van der Waals surface area contributed by atoms with Gasteiger partial charge in [-0.25, -0.2) is 9.37 Å². The molecule has 0 radical (unpaired) electrons. The molecule has 0 unspecified atom stereocenters. The highest BCUT2D eigenvalue weighted by molar-refractivity contribution is 9.10. The van der Waals surface area contributed by atoms with Crippen LogP contribution in [0.2, 0.25) is 0 Å². The molecule has 0 bridgehead atoms. The lowest BCUT2D eigenvalue weighted by Crippen LogP contribution is -1.97. The van der Waals surface area contributed by atoms with E-state index in [1.54, 1.807) is 0 Å². The van der Waals surface area contributed by atoms with Crippen molar-refractivity contribution in [3.63, 3.8) is 0 Å². The minimum atomic E-state index is -0.628. The lowest BCUT2D eigenvalue weighted by atomic mass is 10.1. The Hall–Kier alpha value is -2.02. The maximum absolute atomic E-state index is 13.9. The molecule has 0 N–H and O–H groups in total. The largest absolute Gasteiger partial charge is 0.497 e. The molecule has 1 heterocycles. The van der Waals surface area contributed by atoms with E-state index in [2.05, 4.69) is 20.9 Å². The number of nitro groups is 1. The molecule has 0 saturated carbocycles. The zero-order valence-corrected chi connectivity index (χ0v) is 11.3. The van der Waals surface area contributed by atoms with Gasteiger partial charge in [0.1, 0.15) is 11.6 Å². The Morgan fingerprint density at radius 3 is 2.74 bits per heavy atom. The average molecular weight is 327 g/mol. The topological polar surface area (TPSA) is 65.3 Å². The van der Waals surface area contributed by atoms with E-state index in [1.807, 2.05) is 0 Å². The zero-order valence-electron chi connectivity index (χ0n) is 9.76. The van der Waals surface area contributed by atoms with Crippen LogP contribution in [0.15, 0.2) is 34.9 Å². The Labute approximate surface area is 116 Å². The highest BCUT2D eigenvalue weighted by Crippen LogP contribution is 2.32. The number of benzene rings is 1. The van der Waals surface area contributed by atoms with E-state index in [9.17, 15) is 14.5 Å². The molecule has 0 aliphatic rings. The van der Waals surface area contributed by atoms with Gasteiger partial charge in [-0.3, -0.25) is 10.1 Å². The molecule has 0 aliphatic heterocycles. The van der Waals surface area contributed by atoms with Crippen LogP contribution in [0.5, 0.6) is 5.75 Å². The first-order valence-electron chi connectivity index (χ1n) is 5.16. The Morgan fingerprint density at radius 2 is 2.16 bits per heavy atom. The molecule has 1 aromatic carbocycles. The van der Waals surface area contributed by atoms with Gasteiger partial charge in [-0.05, 0) is 28.1 Å². The van der Waals surface area contributed by atoms with Crippen molar-refractivity contribution in [3.05, 3.63) is 50.9 Å². The number of ether oxygens (including phenoxy) is 1. The third-order valence-electron chi connectivity index (χ3n) is 2.46. The molecule has 0 fully saturated rings. The van der Waals surface area contributed by atoms with Crippen LogP contribution in [0.1, 0.15) is 0 Å². The molecule has 19 heavy (non-hydrogen) atoms. The van der Waals surface area contributed by atoms with E-state index in [4.69, 9.17) is 4.74 Å². The molecule has 5 nitrogen and oxygen atoms in total. The molecule has 0 spiro atoms. The van der Waals surface area contributed by atoms with E-state index in [1.165, 1.54) is 31.5 Å². The maximum atomic E-state index is 13.9. The smallest absolute Gasteiger partial charge is 0.296 e. The average Bonchev–Trinajstić information content (AvgIpc) is 2.39.